The minimum atomic E-state index is -0.247. The second-order valence-corrected chi connectivity index (χ2v) is 4.18. The van der Waals surface area contributed by atoms with Crippen molar-refractivity contribution in [1.82, 2.24) is 0 Å². The molecule has 1 N–H and O–H groups in total. The molecule has 0 saturated heterocycles. The van der Waals surface area contributed by atoms with Gasteiger partial charge in [-0.3, -0.25) is 0 Å². The highest BCUT2D eigenvalue weighted by molar-refractivity contribution is 5.86. The van der Waals surface area contributed by atoms with Crippen molar-refractivity contribution in [2.24, 2.45) is 0 Å². The Kier molecular flexibility index (Phi) is 2.74. The molecule has 2 heterocycles. The lowest BCUT2D eigenvalue weighted by Gasteiger charge is -2.28. The van der Waals surface area contributed by atoms with Crippen molar-refractivity contribution < 1.29 is 18.9 Å². The second kappa shape index (κ2) is 4.42. The molecule has 0 aromatic heterocycles. The lowest BCUT2D eigenvalue weighted by molar-refractivity contribution is 0.216. The van der Waals surface area contributed by atoms with E-state index < -0.39 is 0 Å². The number of anilines is 1. The second-order valence-electron chi connectivity index (χ2n) is 4.18. The number of hydrogen-bond acceptors (Lipinski definition) is 5. The van der Waals surface area contributed by atoms with E-state index in [1.807, 2.05) is 18.2 Å². The van der Waals surface area contributed by atoms with Gasteiger partial charge in [0, 0.05) is 5.56 Å². The van der Waals surface area contributed by atoms with Crippen molar-refractivity contribution in [1.29, 1.82) is 0 Å². The summed E-state index contributed by atoms with van der Waals surface area (Å²) >= 11 is 0. The predicted molar refractivity (Wildman–Crippen MR) is 71.1 cm³/mol. The molecule has 1 aromatic rings. The molecule has 1 atom stereocenters. The zero-order chi connectivity index (χ0) is 13.4. The molecule has 0 spiro atoms. The number of benzene rings is 1. The van der Waals surface area contributed by atoms with Crippen molar-refractivity contribution >= 4 is 11.4 Å². The van der Waals surface area contributed by atoms with Gasteiger partial charge >= 0.3 is 0 Å². The minimum absolute atomic E-state index is 0.247. The Balaban J connectivity index is 2.21. The summed E-state index contributed by atoms with van der Waals surface area (Å²) in [6, 6.07) is 3.80. The third-order valence-electron chi connectivity index (χ3n) is 3.28. The first-order valence-corrected chi connectivity index (χ1v) is 5.92. The Morgan fingerprint density at radius 1 is 1.11 bits per heavy atom. The smallest absolute Gasteiger partial charge is 0.199 e. The van der Waals surface area contributed by atoms with Crippen LogP contribution >= 0.6 is 0 Å². The molecular formula is C14H15NO4. The highest BCUT2D eigenvalue weighted by Crippen LogP contribution is 2.46. The number of nitrogens with one attached hydrogen (secondary N) is 1. The van der Waals surface area contributed by atoms with Gasteiger partial charge in [-0.25, -0.2) is 0 Å². The van der Waals surface area contributed by atoms with Crippen LogP contribution in [-0.2, 0) is 9.47 Å². The Hall–Kier alpha value is -2.30. The average molecular weight is 261 g/mol. The fourth-order valence-corrected chi connectivity index (χ4v) is 2.43. The first kappa shape index (κ1) is 11.8. The Bertz CT molecular complexity index is 577. The highest BCUT2D eigenvalue weighted by Gasteiger charge is 2.32. The first-order valence-electron chi connectivity index (χ1n) is 5.92. The number of rotatable bonds is 3. The maximum Gasteiger partial charge on any atom is 0.199 e. The Morgan fingerprint density at radius 2 is 1.95 bits per heavy atom. The molecule has 5 heteroatoms. The first-order chi connectivity index (χ1) is 9.30. The van der Waals surface area contributed by atoms with Crippen LogP contribution in [0, 0.1) is 0 Å². The van der Waals surface area contributed by atoms with Gasteiger partial charge in [0.05, 0.1) is 38.9 Å². The van der Waals surface area contributed by atoms with Crippen LogP contribution in [0.2, 0.25) is 0 Å². The van der Waals surface area contributed by atoms with Gasteiger partial charge in [0.25, 0.3) is 0 Å². The molecule has 100 valence electrons. The Morgan fingerprint density at radius 3 is 2.63 bits per heavy atom. The van der Waals surface area contributed by atoms with Crippen LogP contribution < -0.4 is 14.8 Å². The lowest BCUT2D eigenvalue weighted by atomic mass is 10.00. The van der Waals surface area contributed by atoms with E-state index in [4.69, 9.17) is 18.9 Å². The van der Waals surface area contributed by atoms with Crippen molar-refractivity contribution in [3.05, 3.63) is 35.6 Å². The van der Waals surface area contributed by atoms with Crippen molar-refractivity contribution in [3.8, 4) is 11.5 Å². The SMILES string of the molecule is COC1=C2C=CO[C@@H]2Nc2c1ccc(OC)c2OC. The van der Waals surface area contributed by atoms with Gasteiger partial charge in [-0.15, -0.1) is 0 Å². The summed E-state index contributed by atoms with van der Waals surface area (Å²) < 4.78 is 21.7. The van der Waals surface area contributed by atoms with Crippen LogP contribution in [0.4, 0.5) is 5.69 Å². The summed E-state index contributed by atoms with van der Waals surface area (Å²) in [5.41, 5.74) is 2.72. The zero-order valence-corrected chi connectivity index (χ0v) is 11.0. The quantitative estimate of drug-likeness (QED) is 0.905. The van der Waals surface area contributed by atoms with E-state index in [0.29, 0.717) is 11.5 Å². The standard InChI is InChI=1S/C14H15NO4/c1-16-10-5-4-8-11(13(10)18-3)15-14-9(6-7-19-14)12(8)17-2/h4-7,14-15H,1-3H3/t14-/m0/s1. The summed E-state index contributed by atoms with van der Waals surface area (Å²) in [6.45, 7) is 0. The van der Waals surface area contributed by atoms with Crippen molar-refractivity contribution in [2.45, 2.75) is 6.23 Å². The van der Waals surface area contributed by atoms with Gasteiger partial charge in [0.1, 0.15) is 5.76 Å². The molecule has 0 fully saturated rings. The Labute approximate surface area is 111 Å². The van der Waals surface area contributed by atoms with Crippen LogP contribution in [-0.4, -0.2) is 27.6 Å². The van der Waals surface area contributed by atoms with E-state index >= 15 is 0 Å². The maximum atomic E-state index is 5.52. The molecule has 0 aliphatic carbocycles. The molecule has 1 aromatic carbocycles. The third-order valence-corrected chi connectivity index (χ3v) is 3.28. The zero-order valence-electron chi connectivity index (χ0n) is 11.0. The molecule has 0 radical (unpaired) electrons. The molecule has 0 unspecified atom stereocenters. The van der Waals surface area contributed by atoms with Crippen LogP contribution in [0.25, 0.3) is 5.76 Å². The molecular weight excluding hydrogens is 246 g/mol. The van der Waals surface area contributed by atoms with Gasteiger partial charge in [-0.1, -0.05) is 0 Å². The van der Waals surface area contributed by atoms with E-state index in [0.717, 1.165) is 22.6 Å². The average Bonchev–Trinajstić information content (AvgIpc) is 2.91. The molecule has 0 saturated carbocycles. The number of fused-ring (bicyclic) bond motifs is 2. The van der Waals surface area contributed by atoms with Crippen molar-refractivity contribution in [2.75, 3.05) is 26.6 Å². The van der Waals surface area contributed by atoms with Crippen LogP contribution in [0.15, 0.2) is 30.0 Å². The molecule has 2 aliphatic heterocycles. The van der Waals surface area contributed by atoms with Crippen LogP contribution in [0.3, 0.4) is 0 Å². The van der Waals surface area contributed by atoms with Gasteiger partial charge in [-0.2, -0.15) is 0 Å². The van der Waals surface area contributed by atoms with Crippen LogP contribution in [0.5, 0.6) is 11.5 Å². The fraction of sp³-hybridized carbons (Fsp3) is 0.286. The molecule has 2 aliphatic rings. The molecule has 0 amide bonds. The summed E-state index contributed by atoms with van der Waals surface area (Å²) in [5, 5.41) is 3.29. The van der Waals surface area contributed by atoms with Gasteiger partial charge in [0.2, 0.25) is 0 Å². The molecule has 3 rings (SSSR count). The van der Waals surface area contributed by atoms with Crippen molar-refractivity contribution in [3.63, 3.8) is 0 Å². The fourth-order valence-electron chi connectivity index (χ4n) is 2.43. The molecule has 0 bridgehead atoms. The van der Waals surface area contributed by atoms with E-state index in [9.17, 15) is 0 Å². The van der Waals surface area contributed by atoms with E-state index in [-0.39, 0.29) is 6.23 Å². The largest absolute Gasteiger partial charge is 0.496 e. The molecule has 19 heavy (non-hydrogen) atoms. The van der Waals surface area contributed by atoms with Crippen LogP contribution in [0.1, 0.15) is 5.56 Å². The number of methoxy groups -OCH3 is 3. The van der Waals surface area contributed by atoms with E-state index in [2.05, 4.69) is 5.32 Å². The summed E-state index contributed by atoms with van der Waals surface area (Å²) in [4.78, 5) is 0. The van der Waals surface area contributed by atoms with Gasteiger partial charge in [-0.05, 0) is 18.2 Å². The number of ether oxygens (including phenoxy) is 4. The topological polar surface area (TPSA) is 49.0 Å². The lowest BCUT2D eigenvalue weighted by Crippen LogP contribution is -2.26. The highest BCUT2D eigenvalue weighted by atomic mass is 16.5. The van der Waals surface area contributed by atoms with E-state index in [1.165, 1.54) is 0 Å². The van der Waals surface area contributed by atoms with E-state index in [1.54, 1.807) is 27.6 Å². The maximum absolute atomic E-state index is 5.52. The predicted octanol–water partition coefficient (Wildman–Crippen LogP) is 2.36. The summed E-state index contributed by atoms with van der Waals surface area (Å²) in [7, 11) is 4.87. The molecule has 5 nitrogen and oxygen atoms in total. The normalized spacial score (nSPS) is 19.2. The summed E-state index contributed by atoms with van der Waals surface area (Å²) in [6.07, 6.45) is 3.31. The monoisotopic (exact) mass is 261 g/mol. The van der Waals surface area contributed by atoms with Gasteiger partial charge in [0.15, 0.2) is 17.7 Å². The third kappa shape index (κ3) is 1.62. The number of hydrogen-bond donors (Lipinski definition) is 1. The summed E-state index contributed by atoms with van der Waals surface area (Å²) in [5.74, 6) is 2.09. The minimum Gasteiger partial charge on any atom is -0.496 e. The van der Waals surface area contributed by atoms with Gasteiger partial charge < -0.3 is 24.3 Å².